The maximum absolute atomic E-state index is 13.6. The Morgan fingerprint density at radius 3 is 1.81 bits per heavy atom. The number of benzene rings is 8. The van der Waals surface area contributed by atoms with Gasteiger partial charge < -0.3 is 35.1 Å². The highest BCUT2D eigenvalue weighted by atomic mass is 32.2. The van der Waals surface area contributed by atoms with Gasteiger partial charge >= 0.3 is 11.9 Å². The summed E-state index contributed by atoms with van der Waals surface area (Å²) in [6.07, 6.45) is 5.66. The Morgan fingerprint density at radius 2 is 1.15 bits per heavy atom. The predicted molar refractivity (Wildman–Crippen MR) is 345 cm³/mol. The number of carbonyl (C=O) groups excluding carboxylic acids is 2. The van der Waals surface area contributed by atoms with Gasteiger partial charge in [-0.3, -0.25) is 0 Å². The van der Waals surface area contributed by atoms with Crippen molar-refractivity contribution < 1.29 is 23.8 Å². The summed E-state index contributed by atoms with van der Waals surface area (Å²) in [5.41, 5.74) is 10.3. The molecule has 0 unspecified atom stereocenters. The molecule has 0 radical (unpaired) electrons. The second-order valence-corrected chi connectivity index (χ2v) is 22.2. The second-order valence-electron chi connectivity index (χ2n) is 20.1. The first-order valence-electron chi connectivity index (χ1n) is 27.7. The van der Waals surface area contributed by atoms with E-state index in [9.17, 15) is 9.59 Å². The minimum atomic E-state index is -0.447. The van der Waals surface area contributed by atoms with Crippen LogP contribution in [-0.4, -0.2) is 53.2 Å². The third kappa shape index (κ3) is 14.0. The van der Waals surface area contributed by atoms with Crippen molar-refractivity contribution in [2.75, 3.05) is 42.2 Å². The number of carbonyl (C=O) groups is 2. The summed E-state index contributed by atoms with van der Waals surface area (Å²) in [5, 5.41) is 12.5. The Labute approximate surface area is 504 Å². The maximum atomic E-state index is 13.6. The smallest absolute Gasteiger partial charge is 0.339 e. The number of nitrogens with one attached hydrogen (secondary N) is 3. The maximum Gasteiger partial charge on any atom is 0.339 e. The van der Waals surface area contributed by atoms with Crippen LogP contribution >= 0.6 is 23.5 Å². The van der Waals surface area contributed by atoms with Crippen molar-refractivity contribution in [1.29, 1.82) is 0 Å². The first kappa shape index (κ1) is 58.5. The molecule has 3 N–H and O–H groups in total. The highest BCUT2D eigenvalue weighted by Crippen LogP contribution is 2.40. The van der Waals surface area contributed by atoms with Crippen LogP contribution in [0.15, 0.2) is 244 Å². The lowest BCUT2D eigenvalue weighted by atomic mass is 10.0. The van der Waals surface area contributed by atoms with Crippen LogP contribution in [0.2, 0.25) is 0 Å². The molecule has 0 aliphatic rings. The van der Waals surface area contributed by atoms with Crippen molar-refractivity contribution >= 4 is 86.5 Å². The van der Waals surface area contributed by atoms with Gasteiger partial charge in [0.1, 0.15) is 17.4 Å². The summed E-state index contributed by atoms with van der Waals surface area (Å²) in [7, 11) is 4.45. The van der Waals surface area contributed by atoms with Gasteiger partial charge in [0, 0.05) is 61.4 Å². The molecular weight excluding hydrogens is 1100 g/mol. The van der Waals surface area contributed by atoms with E-state index in [1.807, 2.05) is 158 Å². The minimum Gasteiger partial charge on any atom is -0.497 e. The molecule has 0 aliphatic heterocycles. The van der Waals surface area contributed by atoms with Gasteiger partial charge in [0.05, 0.1) is 43.5 Å². The Hall–Kier alpha value is -9.70. The van der Waals surface area contributed by atoms with Crippen LogP contribution in [0.1, 0.15) is 58.2 Å². The van der Waals surface area contributed by atoms with E-state index in [0.717, 1.165) is 87.3 Å². The van der Waals surface area contributed by atoms with Crippen molar-refractivity contribution in [1.82, 2.24) is 19.9 Å². The molecule has 2 aromatic heterocycles. The van der Waals surface area contributed by atoms with Gasteiger partial charge in [-0.05, 0) is 137 Å². The molecular formula is C70H64N8O5S2. The number of para-hydroxylation sites is 1. The molecule has 8 aromatic carbocycles. The lowest BCUT2D eigenvalue weighted by molar-refractivity contribution is 0.0588. The van der Waals surface area contributed by atoms with E-state index in [1.165, 1.54) is 37.7 Å². The molecule has 0 aliphatic carbocycles. The third-order valence-electron chi connectivity index (χ3n) is 14.3. The quantitative estimate of drug-likeness (QED) is 0.0411. The SMILES string of the molecule is C=C/C=C\C(Nc1nc(NCc2ccccc2Sc2ccccc2C(=O)OC)nc2ccc(-c3ccc(C(=O)OC)c(Sc4ccccc4CNc4nc(N(Cc5ccccc5)c5ccc(OC)cc5)c5ccccc5n4)c3)cc12)=C(/C)C(C)C. The lowest BCUT2D eigenvalue weighted by Gasteiger charge is -2.26. The molecule has 0 saturated carbocycles. The van der Waals surface area contributed by atoms with E-state index in [1.54, 1.807) is 19.3 Å². The summed E-state index contributed by atoms with van der Waals surface area (Å²) in [4.78, 5) is 52.4. The molecule has 13 nitrogen and oxygen atoms in total. The summed E-state index contributed by atoms with van der Waals surface area (Å²) in [5.74, 6) is 2.40. The molecule has 0 bridgehead atoms. The zero-order valence-electron chi connectivity index (χ0n) is 48.1. The van der Waals surface area contributed by atoms with Gasteiger partial charge in [-0.15, -0.1) is 0 Å². The van der Waals surface area contributed by atoms with E-state index >= 15 is 0 Å². The molecule has 0 fully saturated rings. The third-order valence-corrected chi connectivity index (χ3v) is 16.7. The molecule has 0 spiro atoms. The first-order chi connectivity index (χ1) is 41.5. The van der Waals surface area contributed by atoms with Gasteiger partial charge in [-0.1, -0.05) is 159 Å². The molecule has 10 rings (SSSR count). The topological polar surface area (TPSA) is 153 Å². The number of anilines is 5. The van der Waals surface area contributed by atoms with Gasteiger partial charge in [0.15, 0.2) is 0 Å². The lowest BCUT2D eigenvalue weighted by Crippen LogP contribution is -2.19. The summed E-state index contributed by atoms with van der Waals surface area (Å²) >= 11 is 2.99. The zero-order valence-corrected chi connectivity index (χ0v) is 49.8. The fourth-order valence-corrected chi connectivity index (χ4v) is 11.7. The van der Waals surface area contributed by atoms with Crippen LogP contribution in [0, 0.1) is 5.92 Å². The van der Waals surface area contributed by atoms with Crippen molar-refractivity contribution in [2.45, 2.75) is 60.0 Å². The Morgan fingerprint density at radius 1 is 0.588 bits per heavy atom. The van der Waals surface area contributed by atoms with Crippen molar-refractivity contribution in [2.24, 2.45) is 5.92 Å². The first-order valence-corrected chi connectivity index (χ1v) is 29.3. The normalized spacial score (nSPS) is 11.6. The molecule has 2 heterocycles. The molecule has 0 saturated heterocycles. The van der Waals surface area contributed by atoms with Gasteiger partial charge in [-0.2, -0.15) is 9.97 Å². The highest BCUT2D eigenvalue weighted by Gasteiger charge is 2.22. The fourth-order valence-electron chi connectivity index (χ4n) is 9.50. The van der Waals surface area contributed by atoms with Crippen LogP contribution < -0.4 is 25.6 Å². The van der Waals surface area contributed by atoms with Crippen LogP contribution in [0.3, 0.4) is 0 Å². The standard InChI is InChI=1S/C70H64N8O5S2/c1-8-9-27-58(46(4)45(2)3)73-65-57-40-48(33-39-60(57)75-69(76-65)71-42-50-23-13-18-29-61(50)84-63-31-20-16-26-55(63)67(79)82-6)49-32-38-56(68(80)83-7)64(41-49)85-62-30-19-14-24-51(62)43-72-70-74-59-28-17-15-25-54(59)66(77-70)78(44-47-21-11-10-12-22-47)52-34-36-53(81-5)37-35-52/h8-41,45H,1,42-44H2,2-7H3,(H,72,74,77)(H2,71,73,75,76)/b27-9-,58-46-. The largest absolute Gasteiger partial charge is 0.497 e. The summed E-state index contributed by atoms with van der Waals surface area (Å²) in [6, 6.07) is 61.9. The van der Waals surface area contributed by atoms with Crippen LogP contribution in [-0.2, 0) is 29.1 Å². The summed E-state index contributed by atoms with van der Waals surface area (Å²) < 4.78 is 16.0. The highest BCUT2D eigenvalue weighted by molar-refractivity contribution is 7.99. The second kappa shape index (κ2) is 27.6. The van der Waals surface area contributed by atoms with Gasteiger partial charge in [0.2, 0.25) is 11.9 Å². The number of allylic oxidation sites excluding steroid dienone is 4. The fraction of sp³-hybridized carbons (Fsp3) is 0.143. The number of fused-ring (bicyclic) bond motifs is 2. The zero-order chi connectivity index (χ0) is 59.2. The Bertz CT molecular complexity index is 4120. The number of nitrogens with zero attached hydrogens (tertiary/aromatic N) is 5. The molecule has 15 heteroatoms. The van der Waals surface area contributed by atoms with Crippen molar-refractivity contribution in [3.05, 3.63) is 252 Å². The average molecular weight is 1160 g/mol. The molecule has 85 heavy (non-hydrogen) atoms. The van der Waals surface area contributed by atoms with Crippen molar-refractivity contribution in [3.8, 4) is 16.9 Å². The average Bonchev–Trinajstić information content (AvgIpc) is 3.72. The van der Waals surface area contributed by atoms with Crippen LogP contribution in [0.25, 0.3) is 32.9 Å². The van der Waals surface area contributed by atoms with E-state index < -0.39 is 11.9 Å². The molecule has 0 amide bonds. The Kier molecular flexibility index (Phi) is 19.0. The van der Waals surface area contributed by atoms with Crippen LogP contribution in [0.5, 0.6) is 5.75 Å². The summed E-state index contributed by atoms with van der Waals surface area (Å²) in [6.45, 7) is 11.7. The van der Waals surface area contributed by atoms with E-state index in [0.29, 0.717) is 58.9 Å². The Balaban J connectivity index is 0.968. The molecule has 0 atom stereocenters. The predicted octanol–water partition coefficient (Wildman–Crippen LogP) is 16.8. The minimum absolute atomic E-state index is 0.230. The van der Waals surface area contributed by atoms with E-state index in [4.69, 9.17) is 34.1 Å². The number of rotatable bonds is 23. The number of aromatic nitrogens is 4. The van der Waals surface area contributed by atoms with Gasteiger partial charge in [-0.25, -0.2) is 19.6 Å². The van der Waals surface area contributed by atoms with Crippen LogP contribution in [0.4, 0.5) is 29.2 Å². The number of methoxy groups -OCH3 is 3. The number of hydrogen-bond acceptors (Lipinski definition) is 15. The number of esters is 2. The van der Waals surface area contributed by atoms with Crippen molar-refractivity contribution in [3.63, 3.8) is 0 Å². The molecule has 426 valence electrons. The number of ether oxygens (including phenoxy) is 3. The monoisotopic (exact) mass is 1160 g/mol. The van der Waals surface area contributed by atoms with E-state index in [2.05, 4.69) is 84.6 Å². The van der Waals surface area contributed by atoms with E-state index in [-0.39, 0.29) is 5.92 Å². The van der Waals surface area contributed by atoms with Gasteiger partial charge in [0.25, 0.3) is 0 Å². The molecule has 10 aromatic rings. The number of hydrogen-bond donors (Lipinski definition) is 3.